The zero-order valence-corrected chi connectivity index (χ0v) is 16.7. The highest BCUT2D eigenvalue weighted by Gasteiger charge is 2.34. The minimum atomic E-state index is -0.375. The Balaban J connectivity index is 1.53. The molecule has 0 radical (unpaired) electrons. The van der Waals surface area contributed by atoms with Gasteiger partial charge in [0.05, 0.1) is 12.2 Å². The Morgan fingerprint density at radius 2 is 1.72 bits per heavy atom. The lowest BCUT2D eigenvalue weighted by Gasteiger charge is -2.38. The fourth-order valence-electron chi connectivity index (χ4n) is 3.49. The molecule has 6 heteroatoms. The Hall–Kier alpha value is -2.86. The lowest BCUT2D eigenvalue weighted by Crippen LogP contribution is -2.45. The number of benzene rings is 2. The molecule has 6 nitrogen and oxygen atoms in total. The van der Waals surface area contributed by atoms with Crippen LogP contribution in [0.5, 0.6) is 5.75 Å². The summed E-state index contributed by atoms with van der Waals surface area (Å²) >= 11 is 0. The summed E-state index contributed by atoms with van der Waals surface area (Å²) < 4.78 is 16.0. The van der Waals surface area contributed by atoms with E-state index in [0.29, 0.717) is 37.7 Å². The number of carbonyl (C=O) groups is 2. The normalized spacial score (nSPS) is 15.3. The van der Waals surface area contributed by atoms with Crippen molar-refractivity contribution in [2.75, 3.05) is 33.0 Å². The van der Waals surface area contributed by atoms with Crippen LogP contribution in [0.4, 0.5) is 0 Å². The lowest BCUT2D eigenvalue weighted by molar-refractivity contribution is -0.123. The Bertz CT molecular complexity index is 798. The fraction of sp³-hybridized carbons (Fsp3) is 0.391. The third-order valence-corrected chi connectivity index (χ3v) is 5.20. The van der Waals surface area contributed by atoms with E-state index in [9.17, 15) is 9.59 Å². The molecule has 0 unspecified atom stereocenters. The quantitative estimate of drug-likeness (QED) is 0.693. The van der Waals surface area contributed by atoms with Crippen LogP contribution in [0.2, 0.25) is 0 Å². The summed E-state index contributed by atoms with van der Waals surface area (Å²) in [5.74, 6) is -0.0298. The first-order chi connectivity index (χ1) is 14.1. The SMILES string of the molecule is CCOC(=O)c1ccc(OCC(=O)NCC2(c3ccccc3)CCOCC2)cc1. The monoisotopic (exact) mass is 397 g/mol. The minimum absolute atomic E-state index is 0.0832. The van der Waals surface area contributed by atoms with Crippen molar-refractivity contribution >= 4 is 11.9 Å². The van der Waals surface area contributed by atoms with Gasteiger partial charge < -0.3 is 19.5 Å². The van der Waals surface area contributed by atoms with Crippen molar-refractivity contribution in [3.8, 4) is 5.75 Å². The van der Waals surface area contributed by atoms with E-state index in [-0.39, 0.29) is 23.9 Å². The predicted octanol–water partition coefficient (Wildman–Crippen LogP) is 3.11. The molecule has 1 amide bonds. The van der Waals surface area contributed by atoms with E-state index in [1.807, 2.05) is 18.2 Å². The Kier molecular flexibility index (Phi) is 7.25. The van der Waals surface area contributed by atoms with Crippen LogP contribution >= 0.6 is 0 Å². The molecule has 2 aromatic carbocycles. The number of esters is 1. The van der Waals surface area contributed by atoms with Crippen LogP contribution in [0.1, 0.15) is 35.7 Å². The molecule has 2 aromatic rings. The van der Waals surface area contributed by atoms with Gasteiger partial charge in [0.1, 0.15) is 5.75 Å². The van der Waals surface area contributed by atoms with Crippen LogP contribution in [0.25, 0.3) is 0 Å². The van der Waals surface area contributed by atoms with E-state index in [1.165, 1.54) is 5.56 Å². The van der Waals surface area contributed by atoms with Gasteiger partial charge >= 0.3 is 5.97 Å². The highest BCUT2D eigenvalue weighted by molar-refractivity contribution is 5.89. The molecule has 0 bridgehead atoms. The van der Waals surface area contributed by atoms with E-state index < -0.39 is 0 Å². The number of nitrogens with one attached hydrogen (secondary N) is 1. The first-order valence-electron chi connectivity index (χ1n) is 9.93. The maximum Gasteiger partial charge on any atom is 0.338 e. The predicted molar refractivity (Wildman–Crippen MR) is 109 cm³/mol. The second-order valence-electron chi connectivity index (χ2n) is 7.07. The second-order valence-corrected chi connectivity index (χ2v) is 7.07. The molecular formula is C23H27NO5. The average Bonchev–Trinajstić information content (AvgIpc) is 2.78. The minimum Gasteiger partial charge on any atom is -0.484 e. The van der Waals surface area contributed by atoms with Crippen molar-refractivity contribution < 1.29 is 23.8 Å². The Labute approximate surface area is 171 Å². The maximum absolute atomic E-state index is 12.4. The van der Waals surface area contributed by atoms with Gasteiger partial charge in [-0.25, -0.2) is 4.79 Å². The largest absolute Gasteiger partial charge is 0.484 e. The topological polar surface area (TPSA) is 73.9 Å². The summed E-state index contributed by atoms with van der Waals surface area (Å²) in [6.45, 7) is 3.93. The van der Waals surface area contributed by atoms with Gasteiger partial charge in [-0.1, -0.05) is 30.3 Å². The van der Waals surface area contributed by atoms with Crippen LogP contribution in [-0.4, -0.2) is 44.8 Å². The van der Waals surface area contributed by atoms with Gasteiger partial charge in [0, 0.05) is 25.2 Å². The molecule has 1 saturated heterocycles. The number of hydrogen-bond donors (Lipinski definition) is 1. The first kappa shape index (κ1) is 20.9. The van der Waals surface area contributed by atoms with E-state index in [1.54, 1.807) is 31.2 Å². The molecule has 0 atom stereocenters. The third-order valence-electron chi connectivity index (χ3n) is 5.20. The molecule has 1 aliphatic heterocycles. The standard InChI is InChI=1S/C23H27NO5/c1-2-28-22(26)18-8-10-20(11-9-18)29-16-21(25)24-17-23(12-14-27-15-13-23)19-6-4-3-5-7-19/h3-11H,2,12-17H2,1H3,(H,24,25). The van der Waals surface area contributed by atoms with Gasteiger partial charge in [-0.05, 0) is 49.6 Å². The van der Waals surface area contributed by atoms with E-state index in [4.69, 9.17) is 14.2 Å². The molecule has 154 valence electrons. The van der Waals surface area contributed by atoms with Gasteiger partial charge in [-0.2, -0.15) is 0 Å². The van der Waals surface area contributed by atoms with Gasteiger partial charge in [0.15, 0.2) is 6.61 Å². The van der Waals surface area contributed by atoms with Gasteiger partial charge in [-0.3, -0.25) is 4.79 Å². The van der Waals surface area contributed by atoms with Crippen LogP contribution in [0.15, 0.2) is 54.6 Å². The van der Waals surface area contributed by atoms with Crippen molar-refractivity contribution in [2.24, 2.45) is 0 Å². The molecular weight excluding hydrogens is 370 g/mol. The molecule has 1 aliphatic rings. The highest BCUT2D eigenvalue weighted by atomic mass is 16.5. The molecule has 1 N–H and O–H groups in total. The third kappa shape index (κ3) is 5.57. The van der Waals surface area contributed by atoms with E-state index in [2.05, 4.69) is 17.4 Å². The van der Waals surface area contributed by atoms with Crippen molar-refractivity contribution in [1.82, 2.24) is 5.32 Å². The van der Waals surface area contributed by atoms with E-state index >= 15 is 0 Å². The lowest BCUT2D eigenvalue weighted by atomic mass is 9.74. The van der Waals surface area contributed by atoms with Crippen molar-refractivity contribution in [1.29, 1.82) is 0 Å². The van der Waals surface area contributed by atoms with Crippen molar-refractivity contribution in [3.05, 3.63) is 65.7 Å². The molecule has 3 rings (SSSR count). The number of ether oxygens (including phenoxy) is 3. The number of amides is 1. The molecule has 0 saturated carbocycles. The van der Waals surface area contributed by atoms with E-state index in [0.717, 1.165) is 12.8 Å². The molecule has 0 aromatic heterocycles. The van der Waals surface area contributed by atoms with Crippen LogP contribution in [0.3, 0.4) is 0 Å². The van der Waals surface area contributed by atoms with Crippen molar-refractivity contribution in [2.45, 2.75) is 25.2 Å². The summed E-state index contributed by atoms with van der Waals surface area (Å²) in [7, 11) is 0. The highest BCUT2D eigenvalue weighted by Crippen LogP contribution is 2.34. The van der Waals surface area contributed by atoms with Crippen LogP contribution < -0.4 is 10.1 Å². The van der Waals surface area contributed by atoms with Gasteiger partial charge in [0.25, 0.3) is 5.91 Å². The number of carbonyl (C=O) groups excluding carboxylic acids is 2. The summed E-state index contributed by atoms with van der Waals surface area (Å²) in [4.78, 5) is 24.0. The fourth-order valence-corrected chi connectivity index (χ4v) is 3.49. The summed E-state index contributed by atoms with van der Waals surface area (Å²) in [6, 6.07) is 16.8. The average molecular weight is 397 g/mol. The van der Waals surface area contributed by atoms with Crippen LogP contribution in [-0.2, 0) is 19.7 Å². The summed E-state index contributed by atoms with van der Waals surface area (Å²) in [5.41, 5.74) is 1.56. The second kappa shape index (κ2) is 10.1. The van der Waals surface area contributed by atoms with Gasteiger partial charge in [0.2, 0.25) is 0 Å². The number of rotatable bonds is 8. The molecule has 1 heterocycles. The van der Waals surface area contributed by atoms with Crippen molar-refractivity contribution in [3.63, 3.8) is 0 Å². The molecule has 0 aliphatic carbocycles. The molecule has 1 fully saturated rings. The zero-order valence-electron chi connectivity index (χ0n) is 16.7. The number of hydrogen-bond acceptors (Lipinski definition) is 5. The van der Waals surface area contributed by atoms with Crippen LogP contribution in [0, 0.1) is 0 Å². The smallest absolute Gasteiger partial charge is 0.338 e. The summed E-state index contributed by atoms with van der Waals surface area (Å²) in [5, 5.41) is 3.01. The molecule has 0 spiro atoms. The summed E-state index contributed by atoms with van der Waals surface area (Å²) in [6.07, 6.45) is 1.74. The maximum atomic E-state index is 12.4. The zero-order chi connectivity index (χ0) is 20.5. The van der Waals surface area contributed by atoms with Gasteiger partial charge in [-0.15, -0.1) is 0 Å². The molecule has 29 heavy (non-hydrogen) atoms. The Morgan fingerprint density at radius 3 is 2.38 bits per heavy atom. The first-order valence-corrected chi connectivity index (χ1v) is 9.93. The Morgan fingerprint density at radius 1 is 1.03 bits per heavy atom.